The SMILES string of the molecule is CC1C(c2ccc(OC(F)F)c(F)c2F)C(C(=O)O)OC1(C)C(F)(F)F. The molecule has 0 saturated carbocycles. The van der Waals surface area contributed by atoms with Crippen molar-refractivity contribution in [3.05, 3.63) is 29.3 Å². The zero-order chi connectivity index (χ0) is 20.0. The fourth-order valence-electron chi connectivity index (χ4n) is 3.00. The van der Waals surface area contributed by atoms with Gasteiger partial charge in [0, 0.05) is 11.8 Å². The minimum absolute atomic E-state index is 0.592. The summed E-state index contributed by atoms with van der Waals surface area (Å²) in [5, 5.41) is 9.16. The number of rotatable bonds is 4. The Morgan fingerprint density at radius 3 is 2.31 bits per heavy atom. The molecule has 2 rings (SSSR count). The van der Waals surface area contributed by atoms with Gasteiger partial charge in [0.2, 0.25) is 5.82 Å². The van der Waals surface area contributed by atoms with Crippen molar-refractivity contribution >= 4 is 5.97 Å². The van der Waals surface area contributed by atoms with Crippen molar-refractivity contribution in [2.75, 3.05) is 0 Å². The molecule has 0 radical (unpaired) electrons. The molecule has 0 bridgehead atoms. The van der Waals surface area contributed by atoms with Crippen LogP contribution in [0.4, 0.5) is 30.7 Å². The third kappa shape index (κ3) is 3.19. The molecule has 0 aromatic heterocycles. The van der Waals surface area contributed by atoms with Crippen LogP contribution in [0.1, 0.15) is 25.3 Å². The first-order valence-corrected chi connectivity index (χ1v) is 7.21. The van der Waals surface area contributed by atoms with E-state index in [-0.39, 0.29) is 0 Å². The Morgan fingerprint density at radius 1 is 1.27 bits per heavy atom. The Morgan fingerprint density at radius 2 is 1.85 bits per heavy atom. The number of hydrogen-bond donors (Lipinski definition) is 1. The van der Waals surface area contributed by atoms with E-state index in [1.54, 1.807) is 0 Å². The van der Waals surface area contributed by atoms with Crippen molar-refractivity contribution in [2.45, 2.75) is 44.3 Å². The number of ether oxygens (including phenoxy) is 2. The Kier molecular flexibility index (Phi) is 5.15. The predicted octanol–water partition coefficient (Wildman–Crippen LogP) is 4.09. The van der Waals surface area contributed by atoms with Crippen LogP contribution in [0.2, 0.25) is 0 Å². The van der Waals surface area contributed by atoms with Crippen LogP contribution in [0.5, 0.6) is 5.75 Å². The molecule has 0 aliphatic carbocycles. The van der Waals surface area contributed by atoms with Gasteiger partial charge >= 0.3 is 18.8 Å². The Balaban J connectivity index is 2.55. The monoisotopic (exact) mass is 390 g/mol. The highest BCUT2D eigenvalue weighted by atomic mass is 19.4. The number of halogens is 7. The quantitative estimate of drug-likeness (QED) is 0.787. The maximum absolute atomic E-state index is 14.3. The average Bonchev–Trinajstić information content (AvgIpc) is 2.77. The third-order valence-electron chi connectivity index (χ3n) is 4.56. The van der Waals surface area contributed by atoms with Gasteiger partial charge in [-0.05, 0) is 18.6 Å². The molecule has 4 atom stereocenters. The molecule has 1 heterocycles. The van der Waals surface area contributed by atoms with E-state index in [2.05, 4.69) is 9.47 Å². The summed E-state index contributed by atoms with van der Waals surface area (Å²) in [6, 6.07) is 1.30. The van der Waals surface area contributed by atoms with E-state index >= 15 is 0 Å². The lowest BCUT2D eigenvalue weighted by atomic mass is 9.77. The van der Waals surface area contributed by atoms with Gasteiger partial charge in [0.1, 0.15) is 0 Å². The van der Waals surface area contributed by atoms with Crippen molar-refractivity contribution in [1.82, 2.24) is 0 Å². The summed E-state index contributed by atoms with van der Waals surface area (Å²) in [6.07, 6.45) is -7.10. The van der Waals surface area contributed by atoms with Crippen LogP contribution in [0.15, 0.2) is 12.1 Å². The molecular formula is C15H13F7O4. The summed E-state index contributed by atoms with van der Waals surface area (Å²) >= 11 is 0. The first kappa shape index (κ1) is 20.3. The molecule has 1 aromatic rings. The minimum atomic E-state index is -4.98. The van der Waals surface area contributed by atoms with Crippen LogP contribution in [-0.2, 0) is 9.53 Å². The first-order chi connectivity index (χ1) is 11.8. The van der Waals surface area contributed by atoms with Gasteiger partial charge in [-0.1, -0.05) is 13.0 Å². The molecule has 1 saturated heterocycles. The van der Waals surface area contributed by atoms with Crippen molar-refractivity contribution in [3.8, 4) is 5.75 Å². The van der Waals surface area contributed by atoms with Gasteiger partial charge in [-0.2, -0.15) is 26.3 Å². The van der Waals surface area contributed by atoms with Gasteiger partial charge in [-0.25, -0.2) is 9.18 Å². The largest absolute Gasteiger partial charge is 0.479 e. The van der Waals surface area contributed by atoms with E-state index in [1.165, 1.54) is 0 Å². The molecule has 1 N–H and O–H groups in total. The fraction of sp³-hybridized carbons (Fsp3) is 0.533. The van der Waals surface area contributed by atoms with Gasteiger partial charge in [0.25, 0.3) is 0 Å². The molecule has 4 unspecified atom stereocenters. The summed E-state index contributed by atoms with van der Waals surface area (Å²) < 4.78 is 101. The standard InChI is InChI=1S/C15H13F7O4/c1-5-8(11(12(23)24)26-14(5,2)15(20,21)22)6-3-4-7(25-13(18)19)10(17)9(6)16/h3-5,8,11,13H,1-2H3,(H,23,24). The van der Waals surface area contributed by atoms with E-state index in [9.17, 15) is 35.5 Å². The number of carbonyl (C=O) groups is 1. The second-order valence-electron chi connectivity index (χ2n) is 5.96. The summed E-state index contributed by atoms with van der Waals surface area (Å²) in [5.41, 5.74) is -3.67. The van der Waals surface area contributed by atoms with Crippen LogP contribution in [0.3, 0.4) is 0 Å². The zero-order valence-corrected chi connectivity index (χ0v) is 13.3. The number of carboxylic acid groups (broad SMARTS) is 1. The zero-order valence-electron chi connectivity index (χ0n) is 13.3. The number of alkyl halides is 5. The van der Waals surface area contributed by atoms with Crippen molar-refractivity contribution in [2.24, 2.45) is 5.92 Å². The lowest BCUT2D eigenvalue weighted by molar-refractivity contribution is -0.273. The van der Waals surface area contributed by atoms with Crippen LogP contribution < -0.4 is 4.74 Å². The second-order valence-corrected chi connectivity index (χ2v) is 5.96. The highest BCUT2D eigenvalue weighted by Crippen LogP contribution is 2.53. The lowest BCUT2D eigenvalue weighted by Crippen LogP contribution is -2.47. The summed E-state index contributed by atoms with van der Waals surface area (Å²) in [5.74, 6) is -9.92. The molecule has 1 aliphatic heterocycles. The molecule has 1 aliphatic rings. The van der Waals surface area contributed by atoms with Crippen molar-refractivity contribution < 1.29 is 50.1 Å². The van der Waals surface area contributed by atoms with Gasteiger partial charge in [0.15, 0.2) is 23.3 Å². The summed E-state index contributed by atoms with van der Waals surface area (Å²) in [6.45, 7) is -1.86. The van der Waals surface area contributed by atoms with Gasteiger partial charge < -0.3 is 14.6 Å². The van der Waals surface area contributed by atoms with Gasteiger partial charge in [-0.15, -0.1) is 0 Å². The smallest absolute Gasteiger partial charge is 0.417 e. The number of benzene rings is 1. The van der Waals surface area contributed by atoms with E-state index in [0.29, 0.717) is 19.1 Å². The maximum atomic E-state index is 14.3. The minimum Gasteiger partial charge on any atom is -0.479 e. The summed E-state index contributed by atoms with van der Waals surface area (Å²) in [7, 11) is 0. The molecule has 0 amide bonds. The highest BCUT2D eigenvalue weighted by Gasteiger charge is 2.66. The molecule has 11 heteroatoms. The molecule has 146 valence electrons. The molecule has 1 aromatic carbocycles. The predicted molar refractivity (Wildman–Crippen MR) is 71.9 cm³/mol. The lowest BCUT2D eigenvalue weighted by Gasteiger charge is -2.31. The third-order valence-corrected chi connectivity index (χ3v) is 4.56. The molecule has 4 nitrogen and oxygen atoms in total. The average molecular weight is 390 g/mol. The molecule has 26 heavy (non-hydrogen) atoms. The van der Waals surface area contributed by atoms with E-state index < -0.39 is 65.2 Å². The van der Waals surface area contributed by atoms with Crippen LogP contribution in [0.25, 0.3) is 0 Å². The number of aliphatic carboxylic acids is 1. The Labute approximate surface area is 142 Å². The molecular weight excluding hydrogens is 377 g/mol. The first-order valence-electron chi connectivity index (χ1n) is 7.21. The number of carboxylic acids is 1. The number of hydrogen-bond acceptors (Lipinski definition) is 3. The van der Waals surface area contributed by atoms with Gasteiger partial charge in [0.05, 0.1) is 0 Å². The van der Waals surface area contributed by atoms with E-state index in [1.807, 2.05) is 0 Å². The highest BCUT2D eigenvalue weighted by molar-refractivity contribution is 5.74. The molecule has 0 spiro atoms. The van der Waals surface area contributed by atoms with E-state index in [4.69, 9.17) is 5.11 Å². The Bertz CT molecular complexity index is 706. The van der Waals surface area contributed by atoms with Crippen LogP contribution >= 0.6 is 0 Å². The van der Waals surface area contributed by atoms with Crippen LogP contribution in [0, 0.1) is 17.6 Å². The maximum Gasteiger partial charge on any atom is 0.417 e. The van der Waals surface area contributed by atoms with Crippen molar-refractivity contribution in [3.63, 3.8) is 0 Å². The topological polar surface area (TPSA) is 55.8 Å². The normalized spacial score (nSPS) is 29.2. The second kappa shape index (κ2) is 6.60. The summed E-state index contributed by atoms with van der Waals surface area (Å²) in [4.78, 5) is 11.3. The fourth-order valence-corrected chi connectivity index (χ4v) is 3.00. The molecule has 1 fully saturated rings. The van der Waals surface area contributed by atoms with Gasteiger partial charge in [-0.3, -0.25) is 0 Å². The van der Waals surface area contributed by atoms with Crippen LogP contribution in [-0.4, -0.2) is 35.6 Å². The van der Waals surface area contributed by atoms with E-state index in [0.717, 1.165) is 6.92 Å². The Hall–Kier alpha value is -2.04. The van der Waals surface area contributed by atoms with Crippen molar-refractivity contribution in [1.29, 1.82) is 0 Å².